The molecule has 0 aliphatic heterocycles. The van der Waals surface area contributed by atoms with E-state index in [4.69, 9.17) is 10.8 Å². The summed E-state index contributed by atoms with van der Waals surface area (Å²) in [4.78, 5) is 16.1. The quantitative estimate of drug-likeness (QED) is 0.158. The molecule has 0 aromatic heterocycles. The molecule has 0 aliphatic carbocycles. The Kier molecular flexibility index (Phi) is 9.02. The topological polar surface area (TPSA) is 124 Å². The van der Waals surface area contributed by atoms with Crippen LogP contribution >= 0.6 is 0 Å². The van der Waals surface area contributed by atoms with Gasteiger partial charge in [-0.05, 0) is 65.9 Å². The maximum Gasteiger partial charge on any atom is 0.234 e. The van der Waals surface area contributed by atoms with Gasteiger partial charge in [-0.1, -0.05) is 23.3 Å². The van der Waals surface area contributed by atoms with Crippen molar-refractivity contribution in [1.29, 1.82) is 0 Å². The summed E-state index contributed by atoms with van der Waals surface area (Å²) in [5.74, 6) is -5.15. The molecule has 1 amide bonds. The fourth-order valence-corrected chi connectivity index (χ4v) is 3.87. The molecule has 0 bridgehead atoms. The van der Waals surface area contributed by atoms with Crippen LogP contribution in [0.5, 0.6) is 0 Å². The molecule has 7 nitrogen and oxygen atoms in total. The second-order valence-corrected chi connectivity index (χ2v) is 8.12. The number of aliphatic hydroxyl groups is 1. The molecule has 3 aromatic carbocycles. The van der Waals surface area contributed by atoms with Crippen LogP contribution in [0.4, 0.5) is 23.2 Å². The third kappa shape index (κ3) is 6.60. The molecule has 1 unspecified atom stereocenters. The van der Waals surface area contributed by atoms with Gasteiger partial charge in [-0.2, -0.15) is 0 Å². The lowest BCUT2D eigenvalue weighted by molar-refractivity contribution is -0.117. The van der Waals surface area contributed by atoms with Gasteiger partial charge in [-0.25, -0.2) is 17.6 Å². The highest BCUT2D eigenvalue weighted by atomic mass is 19.1. The molecule has 11 heteroatoms. The van der Waals surface area contributed by atoms with Gasteiger partial charge < -0.3 is 16.2 Å². The molecule has 0 spiro atoms. The van der Waals surface area contributed by atoms with Crippen LogP contribution in [0.1, 0.15) is 29.0 Å². The molecule has 188 valence electrons. The first-order valence-electron chi connectivity index (χ1n) is 10.9. The molecule has 3 atom stereocenters. The number of carbonyl (C=O) groups is 1. The predicted octanol–water partition coefficient (Wildman–Crippen LogP) is 4.94. The van der Waals surface area contributed by atoms with E-state index >= 15 is 0 Å². The lowest BCUT2D eigenvalue weighted by Gasteiger charge is -2.25. The van der Waals surface area contributed by atoms with E-state index < -0.39 is 47.2 Å². The summed E-state index contributed by atoms with van der Waals surface area (Å²) in [5.41, 5.74) is 15.3. The Labute approximate surface area is 204 Å². The molecule has 0 aliphatic rings. The van der Waals surface area contributed by atoms with E-state index in [1.165, 1.54) is 30.3 Å². The van der Waals surface area contributed by atoms with Crippen molar-refractivity contribution in [3.63, 3.8) is 0 Å². The van der Waals surface area contributed by atoms with Crippen molar-refractivity contribution < 1.29 is 27.5 Å². The van der Waals surface area contributed by atoms with Crippen molar-refractivity contribution >= 4 is 11.6 Å². The van der Waals surface area contributed by atoms with E-state index in [0.29, 0.717) is 6.07 Å². The largest absolute Gasteiger partial charge is 0.395 e. The Morgan fingerprint density at radius 2 is 1.67 bits per heavy atom. The second kappa shape index (κ2) is 12.2. The lowest BCUT2D eigenvalue weighted by atomic mass is 9.84. The van der Waals surface area contributed by atoms with Crippen molar-refractivity contribution in [2.24, 2.45) is 10.8 Å². The van der Waals surface area contributed by atoms with Gasteiger partial charge in [0.2, 0.25) is 5.91 Å². The number of aliphatic hydroxyl groups excluding tert-OH is 1. The van der Waals surface area contributed by atoms with Gasteiger partial charge in [0.25, 0.3) is 0 Å². The molecule has 0 saturated heterocycles. The molecular weight excluding hydrogens is 478 g/mol. The summed E-state index contributed by atoms with van der Waals surface area (Å²) >= 11 is 0. The van der Waals surface area contributed by atoms with Gasteiger partial charge in [-0.3, -0.25) is 4.79 Å². The van der Waals surface area contributed by atoms with Crippen LogP contribution in [0.2, 0.25) is 0 Å². The molecule has 36 heavy (non-hydrogen) atoms. The van der Waals surface area contributed by atoms with Crippen molar-refractivity contribution in [2.75, 3.05) is 11.9 Å². The first-order chi connectivity index (χ1) is 17.2. The minimum atomic E-state index is -1.59. The normalized spacial score (nSPS) is 13.4. The van der Waals surface area contributed by atoms with Crippen molar-refractivity contribution in [3.8, 4) is 0 Å². The van der Waals surface area contributed by atoms with Gasteiger partial charge in [0.15, 0.2) is 0 Å². The first-order valence-corrected chi connectivity index (χ1v) is 10.9. The molecule has 3 rings (SSSR count). The number of azide groups is 1. The number of halogens is 4. The monoisotopic (exact) mass is 501 g/mol. The van der Waals surface area contributed by atoms with Gasteiger partial charge in [0, 0.05) is 34.2 Å². The van der Waals surface area contributed by atoms with Crippen LogP contribution in [-0.2, 0) is 11.2 Å². The SMILES string of the molecule is [N-]=[N+]=NC(C(=O)Nc1cccc(F)c1CC[C@H](N)CO)[C@@H](c1ccc(F)cc1)c1cc(F)cc(F)c1. The maximum absolute atomic E-state index is 14.6. The number of amides is 1. The van der Waals surface area contributed by atoms with Crippen LogP contribution in [0.3, 0.4) is 0 Å². The van der Waals surface area contributed by atoms with E-state index in [9.17, 15) is 27.9 Å². The number of hydrogen-bond donors (Lipinski definition) is 3. The van der Waals surface area contributed by atoms with E-state index in [1.54, 1.807) is 0 Å². The molecule has 4 N–H and O–H groups in total. The number of hydrogen-bond acceptors (Lipinski definition) is 4. The summed E-state index contributed by atoms with van der Waals surface area (Å²) in [6.07, 6.45) is 0.313. The van der Waals surface area contributed by atoms with Gasteiger partial charge >= 0.3 is 0 Å². The molecule has 3 aromatic rings. The fourth-order valence-electron chi connectivity index (χ4n) is 3.87. The number of nitrogens with one attached hydrogen (secondary N) is 1. The Bertz CT molecular complexity index is 1250. The molecule has 0 heterocycles. The molecule has 0 saturated carbocycles. The van der Waals surface area contributed by atoms with Gasteiger partial charge in [0.1, 0.15) is 29.3 Å². The number of anilines is 1. The minimum Gasteiger partial charge on any atom is -0.395 e. The van der Waals surface area contributed by atoms with Gasteiger partial charge in [-0.15, -0.1) is 0 Å². The molecule has 0 fully saturated rings. The molecular formula is C25H23F4N5O2. The highest BCUT2D eigenvalue weighted by Crippen LogP contribution is 2.33. The molecule has 0 radical (unpaired) electrons. The van der Waals surface area contributed by atoms with Crippen molar-refractivity contribution in [2.45, 2.75) is 30.8 Å². The fraction of sp³-hybridized carbons (Fsp3) is 0.240. The van der Waals surface area contributed by atoms with Crippen LogP contribution < -0.4 is 11.1 Å². The summed E-state index contributed by atoms with van der Waals surface area (Å²) in [7, 11) is 0. The summed E-state index contributed by atoms with van der Waals surface area (Å²) in [6.45, 7) is -0.307. The maximum atomic E-state index is 14.6. The van der Waals surface area contributed by atoms with E-state index in [1.807, 2.05) is 0 Å². The van der Waals surface area contributed by atoms with Crippen LogP contribution in [0.15, 0.2) is 65.8 Å². The Morgan fingerprint density at radius 1 is 1.00 bits per heavy atom. The van der Waals surface area contributed by atoms with E-state index in [-0.39, 0.29) is 41.8 Å². The van der Waals surface area contributed by atoms with Gasteiger partial charge in [0.05, 0.1) is 6.61 Å². The number of nitrogens with zero attached hydrogens (tertiary/aromatic N) is 3. The summed E-state index contributed by atoms with van der Waals surface area (Å²) in [5, 5.41) is 15.3. The Balaban J connectivity index is 2.04. The lowest BCUT2D eigenvalue weighted by Crippen LogP contribution is -2.33. The zero-order valence-corrected chi connectivity index (χ0v) is 18.9. The van der Waals surface area contributed by atoms with E-state index in [2.05, 4.69) is 15.3 Å². The average Bonchev–Trinajstić information content (AvgIpc) is 2.83. The predicted molar refractivity (Wildman–Crippen MR) is 126 cm³/mol. The summed E-state index contributed by atoms with van der Waals surface area (Å²) in [6, 6.07) is 9.21. The minimum absolute atomic E-state index is 0.0277. The zero-order valence-electron chi connectivity index (χ0n) is 18.9. The van der Waals surface area contributed by atoms with Crippen molar-refractivity contribution in [3.05, 3.63) is 111 Å². The smallest absolute Gasteiger partial charge is 0.234 e. The number of rotatable bonds is 10. The van der Waals surface area contributed by atoms with Crippen molar-refractivity contribution in [1.82, 2.24) is 0 Å². The Morgan fingerprint density at radius 3 is 2.28 bits per heavy atom. The third-order valence-electron chi connectivity index (χ3n) is 5.61. The van der Waals surface area contributed by atoms with Crippen LogP contribution in [0, 0.1) is 23.3 Å². The van der Waals surface area contributed by atoms with Crippen LogP contribution in [0.25, 0.3) is 10.4 Å². The zero-order chi connectivity index (χ0) is 26.2. The second-order valence-electron chi connectivity index (χ2n) is 8.12. The highest BCUT2D eigenvalue weighted by Gasteiger charge is 2.32. The summed E-state index contributed by atoms with van der Waals surface area (Å²) < 4.78 is 56.3. The Hall–Kier alpha value is -3.92. The first kappa shape index (κ1) is 26.7. The number of carbonyl (C=O) groups excluding carboxylic acids is 1. The number of nitrogens with two attached hydrogens (primary N) is 1. The van der Waals surface area contributed by atoms with E-state index in [0.717, 1.165) is 24.3 Å². The van der Waals surface area contributed by atoms with Crippen LogP contribution in [-0.4, -0.2) is 29.7 Å². The average molecular weight is 501 g/mol. The number of benzene rings is 3. The third-order valence-corrected chi connectivity index (χ3v) is 5.61. The highest BCUT2D eigenvalue weighted by molar-refractivity contribution is 5.96. The standard InChI is InChI=1S/C25H23F4N5O2/c26-16-6-4-14(5-7-16)23(15-10-17(27)12-18(28)11-15)24(33-34-31)25(36)32-22-3-1-2-21(29)20(22)9-8-19(30)13-35/h1-7,10-12,19,23-24,35H,8-9,13,30H2,(H,32,36)/t19-,23-,24?/m0/s1.